The second kappa shape index (κ2) is 11.4. The standard InChI is InChI=1S/C26H29FN4O2S/c1-18(32)28-16-15-25-29-30-26(31(25)23-13-11-22(27)12-14-23)34-17-24(33)21-9-7-20(8-10-21)19-5-3-2-4-6-19/h7-14,19H,2-6,15-17H2,1H3,(H,28,32). The maximum atomic E-state index is 13.5. The summed E-state index contributed by atoms with van der Waals surface area (Å²) in [6, 6.07) is 14.1. The van der Waals surface area contributed by atoms with Gasteiger partial charge in [-0.2, -0.15) is 0 Å². The lowest BCUT2D eigenvalue weighted by Crippen LogP contribution is -2.23. The number of Topliss-reactive ketones (excluding diaryl/α,β-unsaturated/α-hetero) is 1. The number of halogens is 1. The van der Waals surface area contributed by atoms with E-state index in [0.717, 1.165) is 0 Å². The monoisotopic (exact) mass is 480 g/mol. The summed E-state index contributed by atoms with van der Waals surface area (Å²) in [6.45, 7) is 1.87. The van der Waals surface area contributed by atoms with Crippen LogP contribution in [0.2, 0.25) is 0 Å². The minimum absolute atomic E-state index is 0.0219. The number of amides is 1. The van der Waals surface area contributed by atoms with E-state index < -0.39 is 0 Å². The Morgan fingerprint density at radius 3 is 2.41 bits per heavy atom. The highest BCUT2D eigenvalue weighted by atomic mass is 32.2. The number of benzene rings is 2. The van der Waals surface area contributed by atoms with Gasteiger partial charge in [0.25, 0.3) is 0 Å². The van der Waals surface area contributed by atoms with Gasteiger partial charge in [-0.05, 0) is 48.6 Å². The van der Waals surface area contributed by atoms with Crippen LogP contribution in [0.5, 0.6) is 0 Å². The van der Waals surface area contributed by atoms with Gasteiger partial charge in [0.15, 0.2) is 10.9 Å². The molecular formula is C26H29FN4O2S. The predicted molar refractivity (Wildman–Crippen MR) is 131 cm³/mol. The molecule has 1 heterocycles. The van der Waals surface area contributed by atoms with Gasteiger partial charge >= 0.3 is 0 Å². The fourth-order valence-corrected chi connectivity index (χ4v) is 5.21. The number of nitrogens with zero attached hydrogens (tertiary/aromatic N) is 3. The second-order valence-corrected chi connectivity index (χ2v) is 9.55. The molecule has 0 atom stereocenters. The Balaban J connectivity index is 1.46. The summed E-state index contributed by atoms with van der Waals surface area (Å²) < 4.78 is 15.3. The third-order valence-electron chi connectivity index (χ3n) is 6.15. The first-order valence-electron chi connectivity index (χ1n) is 11.7. The molecule has 0 bridgehead atoms. The molecule has 0 spiro atoms. The third-order valence-corrected chi connectivity index (χ3v) is 7.08. The van der Waals surface area contributed by atoms with E-state index >= 15 is 0 Å². The summed E-state index contributed by atoms with van der Waals surface area (Å²) in [6.07, 6.45) is 6.80. The molecular weight excluding hydrogens is 451 g/mol. The predicted octanol–water partition coefficient (Wildman–Crippen LogP) is 5.11. The van der Waals surface area contributed by atoms with Crippen LogP contribution in [0.4, 0.5) is 4.39 Å². The largest absolute Gasteiger partial charge is 0.356 e. The lowest BCUT2D eigenvalue weighted by atomic mass is 9.84. The highest BCUT2D eigenvalue weighted by molar-refractivity contribution is 7.99. The molecule has 178 valence electrons. The molecule has 0 radical (unpaired) electrons. The quantitative estimate of drug-likeness (QED) is 0.340. The van der Waals surface area contributed by atoms with Crippen molar-refractivity contribution >= 4 is 23.5 Å². The van der Waals surface area contributed by atoms with Crippen molar-refractivity contribution < 1.29 is 14.0 Å². The topological polar surface area (TPSA) is 76.9 Å². The molecule has 34 heavy (non-hydrogen) atoms. The number of carbonyl (C=O) groups excluding carboxylic acids is 2. The molecule has 0 aliphatic heterocycles. The number of aromatic nitrogens is 3. The van der Waals surface area contributed by atoms with Gasteiger partial charge in [-0.25, -0.2) is 4.39 Å². The van der Waals surface area contributed by atoms with Crippen LogP contribution in [-0.2, 0) is 11.2 Å². The Labute approximate surface area is 203 Å². The van der Waals surface area contributed by atoms with E-state index in [9.17, 15) is 14.0 Å². The van der Waals surface area contributed by atoms with Crippen molar-refractivity contribution in [2.45, 2.75) is 56.5 Å². The van der Waals surface area contributed by atoms with E-state index in [0.29, 0.717) is 41.1 Å². The average Bonchev–Trinajstić information content (AvgIpc) is 3.26. The molecule has 1 fully saturated rings. The molecule has 0 saturated heterocycles. The van der Waals surface area contributed by atoms with Gasteiger partial charge in [0.2, 0.25) is 5.91 Å². The zero-order valence-corrected chi connectivity index (χ0v) is 20.1. The number of thioether (sulfide) groups is 1. The molecule has 0 unspecified atom stereocenters. The first kappa shape index (κ1) is 24.1. The number of hydrogen-bond acceptors (Lipinski definition) is 5. The van der Waals surface area contributed by atoms with Gasteiger partial charge in [-0.1, -0.05) is 55.3 Å². The Bertz CT molecular complexity index is 1120. The van der Waals surface area contributed by atoms with Crippen molar-refractivity contribution in [1.29, 1.82) is 0 Å². The highest BCUT2D eigenvalue weighted by Crippen LogP contribution is 2.32. The number of carbonyl (C=O) groups is 2. The Morgan fingerprint density at radius 1 is 1.03 bits per heavy atom. The number of hydrogen-bond donors (Lipinski definition) is 1. The Morgan fingerprint density at radius 2 is 1.74 bits per heavy atom. The van der Waals surface area contributed by atoms with Crippen molar-refractivity contribution in [1.82, 2.24) is 20.1 Å². The Kier molecular flexibility index (Phi) is 8.11. The summed E-state index contributed by atoms with van der Waals surface area (Å²) in [5, 5.41) is 11.8. The van der Waals surface area contributed by atoms with Crippen LogP contribution in [0.3, 0.4) is 0 Å². The fourth-order valence-electron chi connectivity index (χ4n) is 4.35. The van der Waals surface area contributed by atoms with E-state index in [1.807, 2.05) is 16.7 Å². The van der Waals surface area contributed by atoms with Crippen LogP contribution in [0.15, 0.2) is 53.7 Å². The first-order chi connectivity index (χ1) is 16.5. The first-order valence-corrected chi connectivity index (χ1v) is 12.7. The van der Waals surface area contributed by atoms with Crippen LogP contribution >= 0.6 is 11.8 Å². The summed E-state index contributed by atoms with van der Waals surface area (Å²) >= 11 is 1.30. The summed E-state index contributed by atoms with van der Waals surface area (Å²) in [5.74, 6) is 1.02. The lowest BCUT2D eigenvalue weighted by Gasteiger charge is -2.22. The van der Waals surface area contributed by atoms with E-state index in [2.05, 4.69) is 27.6 Å². The average molecular weight is 481 g/mol. The number of rotatable bonds is 9. The van der Waals surface area contributed by atoms with Crippen LogP contribution in [-0.4, -0.2) is 38.8 Å². The van der Waals surface area contributed by atoms with E-state index in [1.165, 1.54) is 68.5 Å². The van der Waals surface area contributed by atoms with Gasteiger partial charge in [0.1, 0.15) is 11.6 Å². The molecule has 1 saturated carbocycles. The summed E-state index contributed by atoms with van der Waals surface area (Å²) in [4.78, 5) is 24.1. The molecule has 3 aromatic rings. The SMILES string of the molecule is CC(=O)NCCc1nnc(SCC(=O)c2ccc(C3CCCCC3)cc2)n1-c1ccc(F)cc1. The molecule has 1 aromatic heterocycles. The van der Waals surface area contributed by atoms with E-state index in [4.69, 9.17) is 0 Å². The summed E-state index contributed by atoms with van der Waals surface area (Å²) in [5.41, 5.74) is 2.71. The molecule has 1 amide bonds. The van der Waals surface area contributed by atoms with Crippen molar-refractivity contribution in [3.05, 3.63) is 71.3 Å². The molecule has 2 aromatic carbocycles. The molecule has 8 heteroatoms. The van der Waals surface area contributed by atoms with Crippen molar-refractivity contribution in [3.63, 3.8) is 0 Å². The second-order valence-electron chi connectivity index (χ2n) is 8.61. The molecule has 6 nitrogen and oxygen atoms in total. The molecule has 4 rings (SSSR count). The van der Waals surface area contributed by atoms with Gasteiger partial charge in [-0.15, -0.1) is 10.2 Å². The van der Waals surface area contributed by atoms with Crippen LogP contribution < -0.4 is 5.32 Å². The van der Waals surface area contributed by atoms with Crippen LogP contribution in [0.1, 0.15) is 66.7 Å². The zero-order chi connectivity index (χ0) is 23.9. The summed E-state index contributed by atoms with van der Waals surface area (Å²) in [7, 11) is 0. The van der Waals surface area contributed by atoms with Gasteiger partial charge in [-0.3, -0.25) is 14.2 Å². The normalized spacial score (nSPS) is 14.2. The maximum absolute atomic E-state index is 13.5. The van der Waals surface area contributed by atoms with Gasteiger partial charge in [0.05, 0.1) is 5.75 Å². The van der Waals surface area contributed by atoms with Crippen molar-refractivity contribution in [2.24, 2.45) is 0 Å². The van der Waals surface area contributed by atoms with Crippen molar-refractivity contribution in [3.8, 4) is 5.69 Å². The minimum atomic E-state index is -0.335. The molecule has 1 N–H and O–H groups in total. The maximum Gasteiger partial charge on any atom is 0.216 e. The highest BCUT2D eigenvalue weighted by Gasteiger charge is 2.18. The van der Waals surface area contributed by atoms with Gasteiger partial charge < -0.3 is 5.32 Å². The number of nitrogens with one attached hydrogen (secondary N) is 1. The van der Waals surface area contributed by atoms with Crippen LogP contribution in [0.25, 0.3) is 5.69 Å². The smallest absolute Gasteiger partial charge is 0.216 e. The van der Waals surface area contributed by atoms with Crippen LogP contribution in [0, 0.1) is 5.82 Å². The number of ketones is 1. The Hall–Kier alpha value is -3.00. The molecule has 1 aliphatic carbocycles. The third kappa shape index (κ3) is 6.11. The van der Waals surface area contributed by atoms with E-state index in [-0.39, 0.29) is 23.3 Å². The molecule has 1 aliphatic rings. The van der Waals surface area contributed by atoms with Gasteiger partial charge in [0, 0.05) is 31.1 Å². The zero-order valence-electron chi connectivity index (χ0n) is 19.3. The lowest BCUT2D eigenvalue weighted by molar-refractivity contribution is -0.118. The van der Waals surface area contributed by atoms with Crippen molar-refractivity contribution in [2.75, 3.05) is 12.3 Å². The minimum Gasteiger partial charge on any atom is -0.356 e. The fraction of sp³-hybridized carbons (Fsp3) is 0.385. The van der Waals surface area contributed by atoms with E-state index in [1.54, 1.807) is 12.1 Å².